The van der Waals surface area contributed by atoms with Gasteiger partial charge in [-0.2, -0.15) is 70.2 Å². The maximum atomic E-state index is 14.5. The van der Waals surface area contributed by atoms with E-state index in [4.69, 9.17) is 9.84 Å². The van der Waals surface area contributed by atoms with Crippen molar-refractivity contribution in [3.63, 3.8) is 0 Å². The molecule has 0 radical (unpaired) electrons. The molecule has 1 atom stereocenters. The van der Waals surface area contributed by atoms with Gasteiger partial charge in [0.25, 0.3) is 10.0 Å². The van der Waals surface area contributed by atoms with Crippen LogP contribution in [0.4, 0.5) is 86.8 Å². The summed E-state index contributed by atoms with van der Waals surface area (Å²) < 4.78 is 237. The second-order valence-electron chi connectivity index (χ2n) is 14.8. The van der Waals surface area contributed by atoms with E-state index in [1.54, 1.807) is 0 Å². The van der Waals surface area contributed by atoms with Crippen molar-refractivity contribution in [3.05, 3.63) is 23.8 Å². The van der Waals surface area contributed by atoms with E-state index in [0.29, 0.717) is 19.3 Å². The quantitative estimate of drug-likeness (QED) is 0.0451. The Labute approximate surface area is 364 Å². The first-order valence-electron chi connectivity index (χ1n) is 19.7. The number of unbranched alkanes of at least 4 members (excludes halogenated alkanes) is 10. The van der Waals surface area contributed by atoms with Crippen LogP contribution in [0.25, 0.3) is 0 Å². The largest absolute Gasteiger partial charge is 0.481 e. The highest BCUT2D eigenvalue weighted by Crippen LogP contribution is 2.63. The summed E-state index contributed by atoms with van der Waals surface area (Å²) in [5.74, 6) is -43.2. The maximum absolute atomic E-state index is 14.5. The van der Waals surface area contributed by atoms with Gasteiger partial charge in [0.2, 0.25) is 0 Å². The molecule has 0 heterocycles. The van der Waals surface area contributed by atoms with Crippen LogP contribution >= 0.6 is 0 Å². The number of aryl methyl sites for hydroxylation is 1. The molecule has 0 aromatic heterocycles. The molecule has 0 bridgehead atoms. The molecule has 1 aromatic carbocycles. The van der Waals surface area contributed by atoms with E-state index in [0.717, 1.165) is 70.6 Å². The minimum atomic E-state index is -8.68. The zero-order valence-corrected chi connectivity index (χ0v) is 36.5. The minimum absolute atomic E-state index is 0. The molecule has 0 aliphatic heterocycles. The highest BCUT2D eigenvalue weighted by molar-refractivity contribution is 7.90. The minimum Gasteiger partial charge on any atom is -0.481 e. The van der Waals surface area contributed by atoms with Crippen LogP contribution in [0, 0.1) is 6.92 Å². The lowest BCUT2D eigenvalue weighted by atomic mass is 9.94. The van der Waals surface area contributed by atoms with Crippen LogP contribution < -0.4 is 16.8 Å². The zero-order chi connectivity index (χ0) is 49.6. The number of aliphatic carboxylic acids is 1. The van der Waals surface area contributed by atoms with Crippen LogP contribution in [0.5, 0.6) is 0 Å². The number of rotatable bonds is 29. The van der Waals surface area contributed by atoms with Crippen molar-refractivity contribution in [2.75, 3.05) is 30.8 Å². The number of nitrogens with one attached hydrogen (secondary N) is 2. The number of ether oxygens (including phenoxy) is 2. The summed E-state index contributed by atoms with van der Waals surface area (Å²) in [7, 11) is -7.57. The Balaban J connectivity index is 0.0000410. The van der Waals surface area contributed by atoms with Gasteiger partial charge in [0, 0.05) is 31.4 Å². The monoisotopic (exact) mass is 999 g/mol. The number of sulfonamides is 1. The first-order chi connectivity index (χ1) is 29.2. The number of likely N-dealkylation sites (N-methyl/N-ethyl adjacent to an activating group) is 1. The molecular weight excluding hydrogens is 945 g/mol. The highest BCUT2D eigenvalue weighted by atomic mass is 32.2. The molecule has 0 saturated heterocycles. The zero-order valence-electron chi connectivity index (χ0n) is 35.7. The molecule has 0 spiro atoms. The Morgan fingerprint density at radius 3 is 1.63 bits per heavy atom. The third-order valence-corrected chi connectivity index (χ3v) is 11.6. The van der Waals surface area contributed by atoms with E-state index in [1.807, 2.05) is 6.92 Å². The molecule has 7 N–H and O–H groups in total. The van der Waals surface area contributed by atoms with Crippen LogP contribution in [0.2, 0.25) is 0 Å². The molecule has 0 aliphatic carbocycles. The third kappa shape index (κ3) is 15.3. The molecule has 1 rings (SSSR count). The number of hydrogen-bond donors (Lipinski definition) is 4. The lowest BCUT2D eigenvalue weighted by Crippen LogP contribution is -2.73. The first kappa shape index (κ1) is 61.1. The van der Waals surface area contributed by atoms with Gasteiger partial charge in [-0.05, 0) is 56.7 Å². The van der Waals surface area contributed by atoms with E-state index in [2.05, 4.69) is 15.4 Å². The number of benzene rings is 1. The van der Waals surface area contributed by atoms with Gasteiger partial charge in [-0.25, -0.2) is 18.0 Å². The smallest absolute Gasteiger partial charge is 0.460 e. The van der Waals surface area contributed by atoms with Gasteiger partial charge in [0.05, 0.1) is 0 Å². The van der Waals surface area contributed by atoms with Crippen molar-refractivity contribution in [1.29, 1.82) is 0 Å². The Bertz CT molecular complexity index is 1790. The molecule has 28 heteroatoms. The molecule has 1 unspecified atom stereocenters. The number of nitrogens with zero attached hydrogens (tertiary/aromatic N) is 1. The summed E-state index contributed by atoms with van der Waals surface area (Å²) in [5, 5.41) is 5.66. The molecule has 0 saturated carbocycles. The Hall–Kier alpha value is -3.95. The number of quaternary nitrogens is 1. The van der Waals surface area contributed by atoms with Gasteiger partial charge < -0.3 is 20.7 Å². The Morgan fingerprint density at radius 1 is 0.677 bits per heavy atom. The van der Waals surface area contributed by atoms with Crippen LogP contribution in [-0.4, -0.2) is 103 Å². The standard InChI is InChI=1S/C37H50F15N3O8S.H3N/c1-4-5-6-13-16-26(17-14-11-9-7-8-10-12-15-18-28(56)57)63-30(59)53-25-20-19-24(2)27(23-25)54-29(58)62-22-21-55(3)64(60,61)37(51,52)35(46,47)33(42,43)31(38,39)32(40,41)34(44,45)36(48,49)50;/h19-20,23,26H,4-18,21-22H2,1-3H3,(H,53,59)(H,54,58)(H,56,57);1H3/p+1. The SMILES string of the molecule is CCCCCCC(CCCCCCCCCCC(=O)O)OC(=O)Nc1ccc(C)c(NC(=O)OCCN(C)S(=O)(=O)C(F)(F)C(F)(F)C(F)(F)C(F)(F)C(F)(F)C(F)(F)C(F)(F)F)c1.[NH4+]. The molecule has 1 aromatic rings. The molecule has 2 amide bonds. The summed E-state index contributed by atoms with van der Waals surface area (Å²) in [6.45, 7) is 0.349. The van der Waals surface area contributed by atoms with Gasteiger partial charge in [0.15, 0.2) is 0 Å². The van der Waals surface area contributed by atoms with E-state index in [1.165, 1.54) is 25.1 Å². The van der Waals surface area contributed by atoms with Crippen LogP contribution in [0.3, 0.4) is 0 Å². The number of carboxylic acid groups (broad SMARTS) is 1. The van der Waals surface area contributed by atoms with Gasteiger partial charge >= 0.3 is 59.2 Å². The predicted molar refractivity (Wildman–Crippen MR) is 206 cm³/mol. The third-order valence-electron chi connectivity index (χ3n) is 9.71. The van der Waals surface area contributed by atoms with Crippen molar-refractivity contribution < 1.29 is 103 Å². The number of carboxylic acids is 1. The van der Waals surface area contributed by atoms with E-state index in [9.17, 15) is 88.7 Å². The second kappa shape index (κ2) is 24.7. The average molecular weight is 1000 g/mol. The molecular formula is C37H54F15N4O8S+. The van der Waals surface area contributed by atoms with Gasteiger partial charge in [-0.3, -0.25) is 15.4 Å². The van der Waals surface area contributed by atoms with Gasteiger partial charge in [-0.1, -0.05) is 70.8 Å². The highest BCUT2D eigenvalue weighted by Gasteiger charge is 2.94. The van der Waals surface area contributed by atoms with E-state index in [-0.39, 0.29) is 36.6 Å². The summed E-state index contributed by atoms with van der Waals surface area (Å²) in [6, 6.07) is 3.95. The Kier molecular flexibility index (Phi) is 23.2. The number of anilines is 2. The molecule has 0 fully saturated rings. The predicted octanol–water partition coefficient (Wildman–Crippen LogP) is 12.4. The van der Waals surface area contributed by atoms with Crippen LogP contribution in [-0.2, 0) is 24.3 Å². The summed E-state index contributed by atoms with van der Waals surface area (Å²) in [6.07, 6.45) is 1.12. The second-order valence-corrected chi connectivity index (χ2v) is 16.9. The number of amides is 2. The van der Waals surface area contributed by atoms with Crippen molar-refractivity contribution in [1.82, 2.24) is 10.5 Å². The lowest BCUT2D eigenvalue weighted by molar-refractivity contribution is -0.447. The fourth-order valence-electron chi connectivity index (χ4n) is 5.75. The summed E-state index contributed by atoms with van der Waals surface area (Å²) >= 11 is 0. The summed E-state index contributed by atoms with van der Waals surface area (Å²) in [4.78, 5) is 35.9. The molecule has 0 aliphatic rings. The molecule has 380 valence electrons. The van der Waals surface area contributed by atoms with Crippen molar-refractivity contribution in [2.45, 2.75) is 157 Å². The average Bonchev–Trinajstić information content (AvgIpc) is 3.17. The number of hydrogen-bond acceptors (Lipinski definition) is 7. The van der Waals surface area contributed by atoms with Crippen LogP contribution in [0.1, 0.15) is 109 Å². The molecule has 12 nitrogen and oxygen atoms in total. The fourth-order valence-corrected chi connectivity index (χ4v) is 6.90. The molecule has 65 heavy (non-hydrogen) atoms. The maximum Gasteiger partial charge on any atom is 0.460 e. The number of halogens is 15. The van der Waals surface area contributed by atoms with Crippen molar-refractivity contribution in [3.8, 4) is 0 Å². The number of carbonyl (C=O) groups excluding carboxylic acids is 2. The van der Waals surface area contributed by atoms with Crippen molar-refractivity contribution in [2.24, 2.45) is 0 Å². The normalized spacial score (nSPS) is 13.8. The number of carbonyl (C=O) groups is 3. The number of alkyl halides is 15. The van der Waals surface area contributed by atoms with Gasteiger partial charge in [0.1, 0.15) is 12.7 Å². The summed E-state index contributed by atoms with van der Waals surface area (Å²) in [5.41, 5.74) is 0.224. The van der Waals surface area contributed by atoms with Crippen molar-refractivity contribution >= 4 is 39.6 Å². The fraction of sp³-hybridized carbons (Fsp3) is 0.757. The lowest BCUT2D eigenvalue weighted by Gasteiger charge is -2.41. The Morgan fingerprint density at radius 2 is 1.14 bits per heavy atom. The first-order valence-corrected chi connectivity index (χ1v) is 21.1. The van der Waals surface area contributed by atoms with Crippen LogP contribution in [0.15, 0.2) is 18.2 Å². The topological polar surface area (TPSA) is 188 Å². The van der Waals surface area contributed by atoms with E-state index < -0.39 is 92.8 Å². The van der Waals surface area contributed by atoms with Gasteiger partial charge in [-0.15, -0.1) is 0 Å². The van der Waals surface area contributed by atoms with E-state index >= 15 is 0 Å².